The zero-order valence-electron chi connectivity index (χ0n) is 11.1. The van der Waals surface area contributed by atoms with Crippen LogP contribution in [0.15, 0.2) is 6.33 Å². The number of halogens is 1. The second-order valence-electron chi connectivity index (χ2n) is 4.92. The highest BCUT2D eigenvalue weighted by Gasteiger charge is 2.22. The lowest BCUT2D eigenvalue weighted by Gasteiger charge is -2.33. The van der Waals surface area contributed by atoms with Crippen LogP contribution in [0.25, 0.3) is 0 Å². The van der Waals surface area contributed by atoms with Crippen LogP contribution in [0.5, 0.6) is 0 Å². The summed E-state index contributed by atoms with van der Waals surface area (Å²) in [4.78, 5) is 9.99. The van der Waals surface area contributed by atoms with Crippen LogP contribution < -0.4 is 10.2 Å². The largest absolute Gasteiger partial charge is 0.354 e. The Morgan fingerprint density at radius 1 is 1.39 bits per heavy atom. The Bertz CT molecular complexity index is 389. The van der Waals surface area contributed by atoms with E-state index in [0.29, 0.717) is 11.5 Å². The second-order valence-corrected chi connectivity index (χ2v) is 4.92. The predicted octanol–water partition coefficient (Wildman–Crippen LogP) is 1.75. The van der Waals surface area contributed by atoms with Crippen LogP contribution in [-0.4, -0.2) is 36.6 Å². The van der Waals surface area contributed by atoms with Crippen molar-refractivity contribution in [3.63, 3.8) is 0 Å². The summed E-state index contributed by atoms with van der Waals surface area (Å²) in [5.41, 5.74) is 0.428. The molecule has 0 unspecified atom stereocenters. The summed E-state index contributed by atoms with van der Waals surface area (Å²) >= 11 is 0. The van der Waals surface area contributed by atoms with E-state index < -0.39 is 0 Å². The van der Waals surface area contributed by atoms with Crippen LogP contribution in [0, 0.1) is 18.7 Å². The number of nitrogens with zero attached hydrogens (tertiary/aromatic N) is 3. The Kier molecular flexibility index (Phi) is 4.47. The zero-order valence-corrected chi connectivity index (χ0v) is 11.1. The minimum atomic E-state index is -0.272. The van der Waals surface area contributed by atoms with E-state index >= 15 is 0 Å². The van der Waals surface area contributed by atoms with Gasteiger partial charge in [0.1, 0.15) is 6.33 Å². The molecule has 0 amide bonds. The molecule has 2 heterocycles. The first-order chi connectivity index (χ1) is 8.72. The lowest BCUT2D eigenvalue weighted by molar-refractivity contribution is 0.374. The Balaban J connectivity index is 1.95. The number of hydrogen-bond acceptors (Lipinski definition) is 4. The highest BCUT2D eigenvalue weighted by molar-refractivity contribution is 5.41. The van der Waals surface area contributed by atoms with Crippen molar-refractivity contribution < 1.29 is 4.39 Å². The van der Waals surface area contributed by atoms with Crippen molar-refractivity contribution in [3.05, 3.63) is 17.8 Å². The molecule has 1 N–H and O–H groups in total. The molecule has 2 rings (SSSR count). The number of nitrogens with one attached hydrogen (secondary N) is 1. The Labute approximate surface area is 108 Å². The SMILES string of the molecule is CNCCC1CCN(c2ncnc(C)c2F)CC1. The molecular weight excluding hydrogens is 231 g/mol. The monoisotopic (exact) mass is 252 g/mol. The minimum absolute atomic E-state index is 0.272. The van der Waals surface area contributed by atoms with Crippen LogP contribution in [0.4, 0.5) is 10.2 Å². The molecule has 0 aliphatic carbocycles. The molecule has 1 fully saturated rings. The number of hydrogen-bond donors (Lipinski definition) is 1. The molecule has 0 bridgehead atoms. The maximum Gasteiger partial charge on any atom is 0.186 e. The minimum Gasteiger partial charge on any atom is -0.354 e. The molecule has 0 atom stereocenters. The second kappa shape index (κ2) is 6.09. The molecule has 18 heavy (non-hydrogen) atoms. The number of anilines is 1. The number of piperidine rings is 1. The molecule has 0 radical (unpaired) electrons. The Morgan fingerprint density at radius 2 is 2.11 bits per heavy atom. The lowest BCUT2D eigenvalue weighted by atomic mass is 9.93. The standard InChI is InChI=1S/C13H21FN4/c1-10-12(14)13(17-9-16-10)18-7-4-11(5-8-18)3-6-15-2/h9,11,15H,3-8H2,1-2H3. The quantitative estimate of drug-likeness (QED) is 0.886. The molecule has 5 heteroatoms. The first-order valence-corrected chi connectivity index (χ1v) is 6.59. The number of aryl methyl sites for hydroxylation is 1. The van der Waals surface area contributed by atoms with Gasteiger partial charge in [-0.15, -0.1) is 0 Å². The van der Waals surface area contributed by atoms with Crippen molar-refractivity contribution in [2.45, 2.75) is 26.2 Å². The smallest absolute Gasteiger partial charge is 0.186 e. The van der Waals surface area contributed by atoms with E-state index in [1.165, 1.54) is 12.7 Å². The zero-order chi connectivity index (χ0) is 13.0. The van der Waals surface area contributed by atoms with E-state index in [1.807, 2.05) is 11.9 Å². The first kappa shape index (κ1) is 13.2. The molecule has 1 aliphatic rings. The molecule has 0 spiro atoms. The van der Waals surface area contributed by atoms with Gasteiger partial charge < -0.3 is 10.2 Å². The fraction of sp³-hybridized carbons (Fsp3) is 0.692. The van der Waals surface area contributed by atoms with Gasteiger partial charge in [-0.3, -0.25) is 0 Å². The fourth-order valence-corrected chi connectivity index (χ4v) is 2.45. The van der Waals surface area contributed by atoms with Crippen molar-refractivity contribution in [2.75, 3.05) is 31.6 Å². The van der Waals surface area contributed by atoms with Gasteiger partial charge in [-0.05, 0) is 45.7 Å². The molecule has 0 aromatic carbocycles. The van der Waals surface area contributed by atoms with Gasteiger partial charge >= 0.3 is 0 Å². The van der Waals surface area contributed by atoms with Gasteiger partial charge in [0.2, 0.25) is 0 Å². The van der Waals surface area contributed by atoms with Crippen LogP contribution in [0.2, 0.25) is 0 Å². The third-order valence-electron chi connectivity index (χ3n) is 3.66. The fourth-order valence-electron chi connectivity index (χ4n) is 2.45. The van der Waals surface area contributed by atoms with E-state index in [1.54, 1.807) is 6.92 Å². The highest BCUT2D eigenvalue weighted by Crippen LogP contribution is 2.25. The molecule has 1 saturated heterocycles. The van der Waals surface area contributed by atoms with E-state index in [9.17, 15) is 4.39 Å². The van der Waals surface area contributed by atoms with Gasteiger partial charge in [-0.2, -0.15) is 0 Å². The predicted molar refractivity (Wildman–Crippen MR) is 70.2 cm³/mol. The van der Waals surface area contributed by atoms with E-state index in [2.05, 4.69) is 15.3 Å². The van der Waals surface area contributed by atoms with Crippen molar-refractivity contribution in [1.29, 1.82) is 0 Å². The van der Waals surface area contributed by atoms with Crippen molar-refractivity contribution >= 4 is 5.82 Å². The van der Waals surface area contributed by atoms with Gasteiger partial charge in [0.15, 0.2) is 11.6 Å². The van der Waals surface area contributed by atoms with Gasteiger partial charge in [0.05, 0.1) is 5.69 Å². The topological polar surface area (TPSA) is 41.0 Å². The summed E-state index contributed by atoms with van der Waals surface area (Å²) in [5, 5.41) is 3.18. The van der Waals surface area contributed by atoms with Gasteiger partial charge in [-0.25, -0.2) is 14.4 Å². The maximum atomic E-state index is 13.9. The normalized spacial score (nSPS) is 17.2. The van der Waals surface area contributed by atoms with Gasteiger partial charge in [0.25, 0.3) is 0 Å². The average Bonchev–Trinajstić information content (AvgIpc) is 2.40. The molecule has 4 nitrogen and oxygen atoms in total. The first-order valence-electron chi connectivity index (χ1n) is 6.59. The third kappa shape index (κ3) is 2.96. The van der Waals surface area contributed by atoms with E-state index in [0.717, 1.165) is 38.4 Å². The van der Waals surface area contributed by atoms with Crippen molar-refractivity contribution in [3.8, 4) is 0 Å². The summed E-state index contributed by atoms with van der Waals surface area (Å²) in [5.74, 6) is 0.945. The Morgan fingerprint density at radius 3 is 2.78 bits per heavy atom. The van der Waals surface area contributed by atoms with E-state index in [-0.39, 0.29) is 5.82 Å². The maximum absolute atomic E-state index is 13.9. The Hall–Kier alpha value is -1.23. The summed E-state index contributed by atoms with van der Waals surface area (Å²) in [6.45, 7) is 4.52. The molecule has 0 saturated carbocycles. The van der Waals surface area contributed by atoms with Crippen LogP contribution >= 0.6 is 0 Å². The van der Waals surface area contributed by atoms with Crippen molar-refractivity contribution in [1.82, 2.24) is 15.3 Å². The van der Waals surface area contributed by atoms with Crippen LogP contribution in [0.3, 0.4) is 0 Å². The third-order valence-corrected chi connectivity index (χ3v) is 3.66. The average molecular weight is 252 g/mol. The highest BCUT2D eigenvalue weighted by atomic mass is 19.1. The van der Waals surface area contributed by atoms with Gasteiger partial charge in [0, 0.05) is 13.1 Å². The molecule has 1 aromatic heterocycles. The summed E-state index contributed by atoms with van der Waals surface area (Å²) in [6, 6.07) is 0. The summed E-state index contributed by atoms with van der Waals surface area (Å²) < 4.78 is 13.9. The molecule has 100 valence electrons. The van der Waals surface area contributed by atoms with Crippen LogP contribution in [-0.2, 0) is 0 Å². The lowest BCUT2D eigenvalue weighted by Crippen LogP contribution is -2.35. The van der Waals surface area contributed by atoms with E-state index in [4.69, 9.17) is 0 Å². The number of rotatable bonds is 4. The summed E-state index contributed by atoms with van der Waals surface area (Å²) in [6.07, 6.45) is 4.88. The number of aromatic nitrogens is 2. The molecule has 1 aromatic rings. The molecule has 1 aliphatic heterocycles. The van der Waals surface area contributed by atoms with Gasteiger partial charge in [-0.1, -0.05) is 0 Å². The van der Waals surface area contributed by atoms with Crippen LogP contribution in [0.1, 0.15) is 25.0 Å². The van der Waals surface area contributed by atoms with Crippen molar-refractivity contribution in [2.24, 2.45) is 5.92 Å². The summed E-state index contributed by atoms with van der Waals surface area (Å²) in [7, 11) is 1.98. The molecular formula is C13H21FN4.